The van der Waals surface area contributed by atoms with E-state index in [1.165, 1.54) is 18.2 Å². The molecule has 1 fully saturated rings. The van der Waals surface area contributed by atoms with Crippen molar-refractivity contribution in [1.82, 2.24) is 0 Å². The zero-order valence-corrected chi connectivity index (χ0v) is 11.7. The third-order valence-corrected chi connectivity index (χ3v) is 3.72. The van der Waals surface area contributed by atoms with E-state index in [1.54, 1.807) is 0 Å². The summed E-state index contributed by atoms with van der Waals surface area (Å²) < 4.78 is 10.8. The van der Waals surface area contributed by atoms with Crippen molar-refractivity contribution in [3.63, 3.8) is 0 Å². The third kappa shape index (κ3) is 3.53. The monoisotopic (exact) mass is 313 g/mol. The van der Waals surface area contributed by atoms with Gasteiger partial charge in [-0.05, 0) is 5.57 Å². The van der Waals surface area contributed by atoms with Crippen molar-refractivity contribution in [2.45, 2.75) is 49.3 Å². The first-order valence-corrected chi connectivity index (χ1v) is 6.89. The molecule has 1 aliphatic carbocycles. The summed E-state index contributed by atoms with van der Waals surface area (Å²) >= 11 is 0. The van der Waals surface area contributed by atoms with Gasteiger partial charge in [0.25, 0.3) is 0 Å². The van der Waals surface area contributed by atoms with Crippen LogP contribution in [-0.4, -0.2) is 75.1 Å². The molecule has 0 amide bonds. The van der Waals surface area contributed by atoms with E-state index in [4.69, 9.17) is 19.8 Å². The molecule has 8 nitrogen and oxygen atoms in total. The molecular formula is C14H19NO7. The maximum atomic E-state index is 9.93. The van der Waals surface area contributed by atoms with Crippen molar-refractivity contribution in [3.8, 4) is 6.07 Å². The second-order valence-electron chi connectivity index (χ2n) is 5.26. The lowest BCUT2D eigenvalue weighted by Gasteiger charge is -2.41. The van der Waals surface area contributed by atoms with E-state index in [9.17, 15) is 20.4 Å². The summed E-state index contributed by atoms with van der Waals surface area (Å²) in [5, 5.41) is 56.9. The summed E-state index contributed by atoms with van der Waals surface area (Å²) in [6, 6.07) is 1.86. The molecule has 0 saturated carbocycles. The Bertz CT molecular complexity index is 484. The van der Waals surface area contributed by atoms with Crippen LogP contribution in [0, 0.1) is 11.3 Å². The van der Waals surface area contributed by atoms with Crippen molar-refractivity contribution in [2.24, 2.45) is 0 Å². The number of ether oxygens (including phenoxy) is 2. The SMILES string of the molecule is N#CC=C1C=C[C@@H](O)C[C@H]1O[C@@H]1O[C@@H](CO)[C@@H](O)[C@H](O)[C@H]1O. The standard InChI is InChI=1S/C14H19NO7/c15-4-3-7-1-2-8(17)5-9(7)21-14-13(20)12(19)11(18)10(6-16)22-14/h1-3,8-14,16-20H,5-6H2/t8-,9-,10+,11-,12+,13-,14-/m1/s1. The van der Waals surface area contributed by atoms with E-state index >= 15 is 0 Å². The van der Waals surface area contributed by atoms with Crippen molar-refractivity contribution < 1.29 is 35.0 Å². The fourth-order valence-electron chi connectivity index (χ4n) is 2.45. The highest BCUT2D eigenvalue weighted by Gasteiger charge is 2.45. The predicted molar refractivity (Wildman–Crippen MR) is 72.1 cm³/mol. The van der Waals surface area contributed by atoms with Gasteiger partial charge in [-0.1, -0.05) is 12.2 Å². The van der Waals surface area contributed by atoms with Crippen LogP contribution in [0.15, 0.2) is 23.8 Å². The van der Waals surface area contributed by atoms with Gasteiger partial charge < -0.3 is 35.0 Å². The summed E-state index contributed by atoms with van der Waals surface area (Å²) in [7, 11) is 0. The average molecular weight is 313 g/mol. The minimum absolute atomic E-state index is 0.152. The summed E-state index contributed by atoms with van der Waals surface area (Å²) in [4.78, 5) is 0. The summed E-state index contributed by atoms with van der Waals surface area (Å²) in [5.41, 5.74) is 0.491. The summed E-state index contributed by atoms with van der Waals surface area (Å²) in [5.74, 6) is 0. The van der Waals surface area contributed by atoms with Gasteiger partial charge in [-0.2, -0.15) is 5.26 Å². The molecule has 2 rings (SSSR count). The van der Waals surface area contributed by atoms with Crippen molar-refractivity contribution >= 4 is 0 Å². The molecule has 0 bridgehead atoms. The third-order valence-electron chi connectivity index (χ3n) is 3.72. The molecular weight excluding hydrogens is 294 g/mol. The van der Waals surface area contributed by atoms with Crippen LogP contribution in [-0.2, 0) is 9.47 Å². The second kappa shape index (κ2) is 7.30. The fraction of sp³-hybridized carbons (Fsp3) is 0.643. The molecule has 1 aliphatic heterocycles. The van der Waals surface area contributed by atoms with Crippen LogP contribution in [0.4, 0.5) is 0 Å². The van der Waals surface area contributed by atoms with Gasteiger partial charge in [0.05, 0.1) is 24.9 Å². The first-order valence-electron chi connectivity index (χ1n) is 6.89. The van der Waals surface area contributed by atoms with E-state index in [1.807, 2.05) is 6.07 Å². The molecule has 2 aliphatic rings. The number of nitriles is 1. The number of rotatable bonds is 3. The predicted octanol–water partition coefficient (Wildman–Crippen LogP) is -2.06. The number of aliphatic hydroxyl groups excluding tert-OH is 5. The van der Waals surface area contributed by atoms with Gasteiger partial charge in [0.15, 0.2) is 6.29 Å². The van der Waals surface area contributed by atoms with E-state index in [2.05, 4.69) is 0 Å². The lowest BCUT2D eigenvalue weighted by atomic mass is 9.95. The topological polar surface area (TPSA) is 143 Å². The van der Waals surface area contributed by atoms with Crippen LogP contribution >= 0.6 is 0 Å². The van der Waals surface area contributed by atoms with Crippen LogP contribution in [0.25, 0.3) is 0 Å². The molecule has 1 heterocycles. The lowest BCUT2D eigenvalue weighted by Crippen LogP contribution is -2.59. The number of aliphatic hydroxyl groups is 5. The Morgan fingerprint density at radius 1 is 1.27 bits per heavy atom. The van der Waals surface area contributed by atoms with Gasteiger partial charge in [-0.3, -0.25) is 0 Å². The van der Waals surface area contributed by atoms with Gasteiger partial charge in [-0.15, -0.1) is 0 Å². The molecule has 122 valence electrons. The Hall–Kier alpha value is -1.31. The zero-order chi connectivity index (χ0) is 16.3. The normalized spacial score (nSPS) is 44.0. The molecule has 0 aromatic carbocycles. The first kappa shape index (κ1) is 17.1. The molecule has 0 unspecified atom stereocenters. The Balaban J connectivity index is 2.12. The molecule has 0 radical (unpaired) electrons. The van der Waals surface area contributed by atoms with Crippen molar-refractivity contribution in [2.75, 3.05) is 6.61 Å². The molecule has 1 saturated heterocycles. The number of nitrogens with zero attached hydrogens (tertiary/aromatic N) is 1. The Morgan fingerprint density at radius 3 is 2.64 bits per heavy atom. The smallest absolute Gasteiger partial charge is 0.187 e. The molecule has 0 spiro atoms. The van der Waals surface area contributed by atoms with Crippen LogP contribution in [0.2, 0.25) is 0 Å². The maximum absolute atomic E-state index is 9.93. The van der Waals surface area contributed by atoms with Crippen LogP contribution in [0.1, 0.15) is 6.42 Å². The second-order valence-corrected chi connectivity index (χ2v) is 5.26. The highest BCUT2D eigenvalue weighted by molar-refractivity contribution is 5.32. The van der Waals surface area contributed by atoms with Gasteiger partial charge in [0.1, 0.15) is 24.4 Å². The lowest BCUT2D eigenvalue weighted by molar-refractivity contribution is -0.309. The number of hydrogen-bond donors (Lipinski definition) is 5. The Kier molecular flexibility index (Phi) is 5.66. The minimum Gasteiger partial charge on any atom is -0.394 e. The molecule has 8 heteroatoms. The summed E-state index contributed by atoms with van der Waals surface area (Å²) in [6.45, 7) is -0.557. The zero-order valence-electron chi connectivity index (χ0n) is 11.7. The van der Waals surface area contributed by atoms with Gasteiger partial charge in [0.2, 0.25) is 0 Å². The number of hydrogen-bond acceptors (Lipinski definition) is 8. The highest BCUT2D eigenvalue weighted by atomic mass is 16.7. The van der Waals surface area contributed by atoms with E-state index in [-0.39, 0.29) is 6.42 Å². The summed E-state index contributed by atoms with van der Waals surface area (Å²) in [6.07, 6.45) is -3.96. The molecule has 5 N–H and O–H groups in total. The van der Waals surface area contributed by atoms with Crippen molar-refractivity contribution in [3.05, 3.63) is 23.8 Å². The van der Waals surface area contributed by atoms with E-state index in [0.717, 1.165) is 0 Å². The molecule has 22 heavy (non-hydrogen) atoms. The Morgan fingerprint density at radius 2 is 2.00 bits per heavy atom. The van der Waals surface area contributed by atoms with Crippen molar-refractivity contribution in [1.29, 1.82) is 5.26 Å². The fourth-order valence-corrected chi connectivity index (χ4v) is 2.45. The van der Waals surface area contributed by atoms with E-state index < -0.39 is 49.5 Å². The minimum atomic E-state index is -1.54. The quantitative estimate of drug-likeness (QED) is 0.374. The average Bonchev–Trinajstić information content (AvgIpc) is 2.50. The molecule has 7 atom stereocenters. The van der Waals surface area contributed by atoms with Gasteiger partial charge in [-0.25, -0.2) is 0 Å². The van der Waals surface area contributed by atoms with Gasteiger partial charge >= 0.3 is 0 Å². The first-order chi connectivity index (χ1) is 10.5. The van der Waals surface area contributed by atoms with Crippen LogP contribution in [0.3, 0.4) is 0 Å². The molecule has 0 aromatic heterocycles. The maximum Gasteiger partial charge on any atom is 0.187 e. The Labute approximate surface area is 127 Å². The number of allylic oxidation sites excluding steroid dienone is 1. The molecule has 0 aromatic rings. The van der Waals surface area contributed by atoms with E-state index in [0.29, 0.717) is 5.57 Å². The highest BCUT2D eigenvalue weighted by Crippen LogP contribution is 2.28. The van der Waals surface area contributed by atoms with Crippen LogP contribution < -0.4 is 0 Å². The largest absolute Gasteiger partial charge is 0.394 e. The van der Waals surface area contributed by atoms with Crippen LogP contribution in [0.5, 0.6) is 0 Å². The van der Waals surface area contributed by atoms with Gasteiger partial charge in [0, 0.05) is 12.5 Å².